The molecule has 7 heteroatoms. The molecule has 1 aromatic carbocycles. The Morgan fingerprint density at radius 1 is 1.27 bits per heavy atom. The first-order valence-electron chi connectivity index (χ1n) is 6.99. The van der Waals surface area contributed by atoms with Crippen molar-refractivity contribution in [3.63, 3.8) is 0 Å². The van der Waals surface area contributed by atoms with E-state index in [4.69, 9.17) is 5.11 Å². The highest BCUT2D eigenvalue weighted by molar-refractivity contribution is 5.99. The monoisotopic (exact) mass is 302 g/mol. The van der Waals surface area contributed by atoms with Gasteiger partial charge in [-0.2, -0.15) is 5.10 Å². The largest absolute Gasteiger partial charge is 0.481 e. The van der Waals surface area contributed by atoms with Crippen LogP contribution in [0.3, 0.4) is 0 Å². The zero-order chi connectivity index (χ0) is 15.9. The van der Waals surface area contributed by atoms with Crippen molar-refractivity contribution < 1.29 is 14.7 Å². The van der Waals surface area contributed by atoms with Crippen LogP contribution in [0.2, 0.25) is 0 Å². The molecule has 22 heavy (non-hydrogen) atoms. The third-order valence-electron chi connectivity index (χ3n) is 3.02. The molecule has 0 saturated carbocycles. The number of urea groups is 1. The lowest BCUT2D eigenvalue weighted by atomic mass is 10.1. The molecule has 1 heterocycles. The van der Waals surface area contributed by atoms with Gasteiger partial charge in [-0.15, -0.1) is 0 Å². The van der Waals surface area contributed by atoms with Gasteiger partial charge in [-0.1, -0.05) is 12.1 Å². The van der Waals surface area contributed by atoms with Gasteiger partial charge in [0.1, 0.15) is 0 Å². The molecule has 0 bridgehead atoms. The fraction of sp³-hybridized carbons (Fsp3) is 0.267. The molecule has 0 unspecified atom stereocenters. The molecule has 0 aliphatic rings. The summed E-state index contributed by atoms with van der Waals surface area (Å²) in [6, 6.07) is 8.43. The van der Waals surface area contributed by atoms with Gasteiger partial charge >= 0.3 is 12.0 Å². The predicted octanol–water partition coefficient (Wildman–Crippen LogP) is 2.56. The van der Waals surface area contributed by atoms with Crippen LogP contribution in [0.1, 0.15) is 18.9 Å². The molecule has 0 spiro atoms. The van der Waals surface area contributed by atoms with E-state index in [-0.39, 0.29) is 6.42 Å². The quantitative estimate of drug-likeness (QED) is 0.764. The maximum atomic E-state index is 11.9. The molecular weight excluding hydrogens is 284 g/mol. The number of aryl methyl sites for hydroxylation is 2. The van der Waals surface area contributed by atoms with Gasteiger partial charge in [-0.3, -0.25) is 14.8 Å². The molecule has 3 N–H and O–H groups in total. The van der Waals surface area contributed by atoms with E-state index in [1.807, 2.05) is 13.0 Å². The molecule has 116 valence electrons. The van der Waals surface area contributed by atoms with Gasteiger partial charge in [0.15, 0.2) is 5.82 Å². The number of rotatable bonds is 6. The van der Waals surface area contributed by atoms with Crippen molar-refractivity contribution >= 4 is 23.5 Å². The number of nitrogens with zero attached hydrogens (tertiary/aromatic N) is 2. The van der Waals surface area contributed by atoms with Crippen LogP contribution in [0.5, 0.6) is 0 Å². The second-order valence-corrected chi connectivity index (χ2v) is 4.73. The number of hydrogen-bond acceptors (Lipinski definition) is 3. The van der Waals surface area contributed by atoms with E-state index < -0.39 is 12.0 Å². The standard InChI is InChI=1S/C15H18N4O3/c1-2-19-9-8-13(18-19)17-15(22)16-12-5-3-4-11(10-12)6-7-14(20)21/h3-5,8-10H,2,6-7H2,1H3,(H,20,21)(H2,16,17,18,22). The van der Waals surface area contributed by atoms with Crippen LogP contribution in [-0.4, -0.2) is 26.9 Å². The number of nitrogens with one attached hydrogen (secondary N) is 2. The summed E-state index contributed by atoms with van der Waals surface area (Å²) < 4.78 is 1.71. The topological polar surface area (TPSA) is 96.2 Å². The molecule has 0 atom stereocenters. The Kier molecular flexibility index (Phi) is 5.13. The summed E-state index contributed by atoms with van der Waals surface area (Å²) >= 11 is 0. The number of carboxylic acids is 1. The Morgan fingerprint density at radius 3 is 2.77 bits per heavy atom. The first kappa shape index (κ1) is 15.6. The molecule has 0 radical (unpaired) electrons. The summed E-state index contributed by atoms with van der Waals surface area (Å²) in [6.07, 6.45) is 2.26. The van der Waals surface area contributed by atoms with Crippen molar-refractivity contribution in [3.8, 4) is 0 Å². The summed E-state index contributed by atoms with van der Waals surface area (Å²) in [4.78, 5) is 22.5. The smallest absolute Gasteiger partial charge is 0.324 e. The Bertz CT molecular complexity index is 666. The number of carbonyl (C=O) groups excluding carboxylic acids is 1. The maximum absolute atomic E-state index is 11.9. The first-order valence-corrected chi connectivity index (χ1v) is 6.99. The minimum Gasteiger partial charge on any atom is -0.481 e. The Hall–Kier alpha value is -2.83. The number of anilines is 2. The van der Waals surface area contributed by atoms with Gasteiger partial charge < -0.3 is 10.4 Å². The second-order valence-electron chi connectivity index (χ2n) is 4.73. The van der Waals surface area contributed by atoms with Crippen molar-refractivity contribution in [2.75, 3.05) is 10.6 Å². The fourth-order valence-electron chi connectivity index (χ4n) is 1.94. The van der Waals surface area contributed by atoms with E-state index >= 15 is 0 Å². The molecule has 0 aliphatic heterocycles. The van der Waals surface area contributed by atoms with E-state index in [9.17, 15) is 9.59 Å². The summed E-state index contributed by atoms with van der Waals surface area (Å²) in [5, 5.41) is 18.2. The third-order valence-corrected chi connectivity index (χ3v) is 3.02. The van der Waals surface area contributed by atoms with Crippen molar-refractivity contribution in [3.05, 3.63) is 42.1 Å². The fourth-order valence-corrected chi connectivity index (χ4v) is 1.94. The average molecular weight is 302 g/mol. The highest BCUT2D eigenvalue weighted by atomic mass is 16.4. The van der Waals surface area contributed by atoms with Crippen LogP contribution in [0.15, 0.2) is 36.5 Å². The molecule has 0 fully saturated rings. The lowest BCUT2D eigenvalue weighted by Crippen LogP contribution is -2.20. The number of aromatic nitrogens is 2. The maximum Gasteiger partial charge on any atom is 0.324 e. The number of amides is 2. The average Bonchev–Trinajstić information content (AvgIpc) is 2.93. The highest BCUT2D eigenvalue weighted by Gasteiger charge is 2.06. The van der Waals surface area contributed by atoms with E-state index in [0.29, 0.717) is 17.9 Å². The minimum absolute atomic E-state index is 0.0596. The van der Waals surface area contributed by atoms with Gasteiger partial charge in [0.2, 0.25) is 0 Å². The summed E-state index contributed by atoms with van der Waals surface area (Å²) in [7, 11) is 0. The lowest BCUT2D eigenvalue weighted by Gasteiger charge is -2.07. The second kappa shape index (κ2) is 7.26. The molecular formula is C15H18N4O3. The molecule has 2 rings (SSSR count). The van der Waals surface area contributed by atoms with Gasteiger partial charge in [0.05, 0.1) is 0 Å². The van der Waals surface area contributed by atoms with Gasteiger partial charge in [-0.05, 0) is 31.0 Å². The molecule has 2 amide bonds. The number of carbonyl (C=O) groups is 2. The normalized spacial score (nSPS) is 10.2. The zero-order valence-corrected chi connectivity index (χ0v) is 12.2. The first-order chi connectivity index (χ1) is 10.6. The van der Waals surface area contributed by atoms with Crippen molar-refractivity contribution in [2.45, 2.75) is 26.3 Å². The molecule has 0 saturated heterocycles. The molecule has 2 aromatic rings. The van der Waals surface area contributed by atoms with Crippen LogP contribution >= 0.6 is 0 Å². The third kappa shape index (κ3) is 4.62. The van der Waals surface area contributed by atoms with E-state index in [2.05, 4.69) is 15.7 Å². The predicted molar refractivity (Wildman–Crippen MR) is 82.9 cm³/mol. The minimum atomic E-state index is -0.845. The van der Waals surface area contributed by atoms with Gasteiger partial charge in [0.25, 0.3) is 0 Å². The summed E-state index contributed by atoms with van der Waals surface area (Å²) in [6.45, 7) is 2.69. The molecule has 7 nitrogen and oxygen atoms in total. The van der Waals surface area contributed by atoms with Gasteiger partial charge in [0, 0.05) is 30.9 Å². The van der Waals surface area contributed by atoms with Crippen molar-refractivity contribution in [1.29, 1.82) is 0 Å². The number of aliphatic carboxylic acids is 1. The van der Waals surface area contributed by atoms with Crippen LogP contribution in [0, 0.1) is 0 Å². The van der Waals surface area contributed by atoms with Crippen molar-refractivity contribution in [2.24, 2.45) is 0 Å². The van der Waals surface area contributed by atoms with Crippen LogP contribution in [-0.2, 0) is 17.8 Å². The highest BCUT2D eigenvalue weighted by Crippen LogP contribution is 2.13. The SMILES string of the molecule is CCn1ccc(NC(=O)Nc2cccc(CCC(=O)O)c2)n1. The van der Waals surface area contributed by atoms with Crippen LogP contribution in [0.25, 0.3) is 0 Å². The molecule has 0 aliphatic carbocycles. The van der Waals surface area contributed by atoms with Crippen LogP contribution < -0.4 is 10.6 Å². The van der Waals surface area contributed by atoms with E-state index in [1.165, 1.54) is 0 Å². The van der Waals surface area contributed by atoms with E-state index in [1.54, 1.807) is 35.1 Å². The summed E-state index contributed by atoms with van der Waals surface area (Å²) in [5.41, 5.74) is 1.46. The lowest BCUT2D eigenvalue weighted by molar-refractivity contribution is -0.136. The number of hydrogen-bond donors (Lipinski definition) is 3. The Labute approximate surface area is 128 Å². The van der Waals surface area contributed by atoms with Crippen LogP contribution in [0.4, 0.5) is 16.3 Å². The number of carboxylic acid groups (broad SMARTS) is 1. The van der Waals surface area contributed by atoms with Gasteiger partial charge in [-0.25, -0.2) is 4.79 Å². The number of benzene rings is 1. The zero-order valence-electron chi connectivity index (χ0n) is 12.2. The Morgan fingerprint density at radius 2 is 2.09 bits per heavy atom. The van der Waals surface area contributed by atoms with E-state index in [0.717, 1.165) is 12.1 Å². The van der Waals surface area contributed by atoms with Crippen molar-refractivity contribution in [1.82, 2.24) is 9.78 Å². The summed E-state index contributed by atoms with van der Waals surface area (Å²) in [5.74, 6) is -0.371. The molecule has 1 aromatic heterocycles. The Balaban J connectivity index is 1.93.